The van der Waals surface area contributed by atoms with Crippen molar-refractivity contribution in [2.45, 2.75) is 26.1 Å². The zero-order chi connectivity index (χ0) is 11.4. The van der Waals surface area contributed by atoms with Gasteiger partial charge in [-0.1, -0.05) is 0 Å². The molecule has 2 N–H and O–H groups in total. The standard InChI is InChI=1S/C10H19N5O/c1-2-16-9(5-11)6-14-3-4-15-8-12-13-10(15)7-14/h8-9H,2-7,11H2,1H3. The van der Waals surface area contributed by atoms with Gasteiger partial charge < -0.3 is 15.0 Å². The number of aromatic nitrogens is 3. The Morgan fingerprint density at radius 3 is 3.19 bits per heavy atom. The van der Waals surface area contributed by atoms with Crippen molar-refractivity contribution in [1.29, 1.82) is 0 Å². The normalized spacial score (nSPS) is 18.4. The van der Waals surface area contributed by atoms with E-state index in [1.807, 2.05) is 6.92 Å². The molecule has 0 saturated heterocycles. The molecule has 6 heteroatoms. The molecule has 0 spiro atoms. The molecule has 16 heavy (non-hydrogen) atoms. The van der Waals surface area contributed by atoms with Gasteiger partial charge in [-0.3, -0.25) is 4.90 Å². The van der Waals surface area contributed by atoms with E-state index in [1.165, 1.54) is 0 Å². The summed E-state index contributed by atoms with van der Waals surface area (Å²) in [7, 11) is 0. The van der Waals surface area contributed by atoms with Crippen molar-refractivity contribution in [3.63, 3.8) is 0 Å². The van der Waals surface area contributed by atoms with Crippen LogP contribution in [0.2, 0.25) is 0 Å². The van der Waals surface area contributed by atoms with Crippen LogP contribution < -0.4 is 5.73 Å². The molecule has 0 aromatic carbocycles. The molecule has 0 fully saturated rings. The summed E-state index contributed by atoms with van der Waals surface area (Å²) in [4.78, 5) is 2.32. The van der Waals surface area contributed by atoms with E-state index in [0.717, 1.165) is 32.0 Å². The smallest absolute Gasteiger partial charge is 0.147 e. The number of ether oxygens (including phenoxy) is 1. The van der Waals surface area contributed by atoms with Gasteiger partial charge in [-0.05, 0) is 6.92 Å². The van der Waals surface area contributed by atoms with E-state index in [1.54, 1.807) is 6.33 Å². The van der Waals surface area contributed by atoms with Crippen molar-refractivity contribution in [1.82, 2.24) is 19.7 Å². The number of rotatable bonds is 5. The van der Waals surface area contributed by atoms with Gasteiger partial charge in [0.05, 0.1) is 12.6 Å². The van der Waals surface area contributed by atoms with Gasteiger partial charge in [0.25, 0.3) is 0 Å². The number of hydrogen-bond acceptors (Lipinski definition) is 5. The van der Waals surface area contributed by atoms with Crippen LogP contribution in [0.5, 0.6) is 0 Å². The highest BCUT2D eigenvalue weighted by Gasteiger charge is 2.20. The van der Waals surface area contributed by atoms with Crippen LogP contribution in [0.4, 0.5) is 0 Å². The summed E-state index contributed by atoms with van der Waals surface area (Å²) in [6.07, 6.45) is 1.91. The topological polar surface area (TPSA) is 69.2 Å². The van der Waals surface area contributed by atoms with E-state index in [4.69, 9.17) is 10.5 Å². The predicted molar refractivity (Wildman–Crippen MR) is 59.8 cm³/mol. The van der Waals surface area contributed by atoms with Crippen LogP contribution in [0.15, 0.2) is 6.33 Å². The van der Waals surface area contributed by atoms with Crippen molar-refractivity contribution in [3.05, 3.63) is 12.2 Å². The summed E-state index contributed by atoms with van der Waals surface area (Å²) in [5, 5.41) is 7.99. The van der Waals surface area contributed by atoms with Crippen LogP contribution in [0, 0.1) is 0 Å². The van der Waals surface area contributed by atoms with Crippen molar-refractivity contribution < 1.29 is 4.74 Å². The largest absolute Gasteiger partial charge is 0.376 e. The molecular weight excluding hydrogens is 206 g/mol. The minimum atomic E-state index is 0.125. The molecule has 1 atom stereocenters. The van der Waals surface area contributed by atoms with Crippen LogP contribution in [-0.4, -0.2) is 52.0 Å². The first kappa shape index (κ1) is 11.5. The van der Waals surface area contributed by atoms with Gasteiger partial charge in [0, 0.05) is 32.8 Å². The molecule has 1 aromatic heterocycles. The van der Waals surface area contributed by atoms with E-state index in [2.05, 4.69) is 19.7 Å². The monoisotopic (exact) mass is 225 g/mol. The molecule has 0 amide bonds. The van der Waals surface area contributed by atoms with E-state index in [0.29, 0.717) is 13.2 Å². The van der Waals surface area contributed by atoms with Gasteiger partial charge in [0.15, 0.2) is 0 Å². The lowest BCUT2D eigenvalue weighted by molar-refractivity contribution is 0.0320. The second-order valence-corrected chi connectivity index (χ2v) is 3.99. The Bertz CT molecular complexity index is 327. The number of nitrogens with zero attached hydrogens (tertiary/aromatic N) is 4. The van der Waals surface area contributed by atoms with Gasteiger partial charge in [0.2, 0.25) is 0 Å². The molecule has 1 unspecified atom stereocenters. The minimum Gasteiger partial charge on any atom is -0.376 e. The maximum atomic E-state index is 5.67. The quantitative estimate of drug-likeness (QED) is 0.728. The van der Waals surface area contributed by atoms with Gasteiger partial charge in [0.1, 0.15) is 12.2 Å². The molecular formula is C10H19N5O. The highest BCUT2D eigenvalue weighted by molar-refractivity contribution is 4.90. The third kappa shape index (κ3) is 2.58. The SMILES string of the molecule is CCOC(CN)CN1CCn2cnnc2C1. The average molecular weight is 225 g/mol. The number of fused-ring (bicyclic) bond motifs is 1. The molecule has 2 rings (SSSR count). The van der Waals surface area contributed by atoms with E-state index in [-0.39, 0.29) is 6.10 Å². The molecule has 1 aromatic rings. The molecule has 0 aliphatic carbocycles. The molecule has 2 heterocycles. The van der Waals surface area contributed by atoms with Crippen molar-refractivity contribution in [3.8, 4) is 0 Å². The van der Waals surface area contributed by atoms with E-state index >= 15 is 0 Å². The first-order valence-electron chi connectivity index (χ1n) is 5.74. The zero-order valence-corrected chi connectivity index (χ0v) is 9.67. The molecule has 0 radical (unpaired) electrons. The Morgan fingerprint density at radius 2 is 2.44 bits per heavy atom. The fraction of sp³-hybridized carbons (Fsp3) is 0.800. The van der Waals surface area contributed by atoms with E-state index < -0.39 is 0 Å². The summed E-state index contributed by atoms with van der Waals surface area (Å²) < 4.78 is 7.65. The predicted octanol–water partition coefficient (Wildman–Crippen LogP) is -0.542. The first-order valence-corrected chi connectivity index (χ1v) is 5.74. The third-order valence-corrected chi connectivity index (χ3v) is 2.84. The van der Waals surface area contributed by atoms with E-state index in [9.17, 15) is 0 Å². The Morgan fingerprint density at radius 1 is 1.56 bits per heavy atom. The van der Waals surface area contributed by atoms with Crippen LogP contribution in [0.25, 0.3) is 0 Å². The minimum absolute atomic E-state index is 0.125. The average Bonchev–Trinajstić information content (AvgIpc) is 2.75. The molecule has 1 aliphatic rings. The van der Waals surface area contributed by atoms with Crippen LogP contribution in [0.3, 0.4) is 0 Å². The molecule has 1 aliphatic heterocycles. The molecule has 90 valence electrons. The van der Waals surface area contributed by atoms with Crippen LogP contribution in [0.1, 0.15) is 12.7 Å². The van der Waals surface area contributed by atoms with Crippen LogP contribution >= 0.6 is 0 Å². The Kier molecular flexibility index (Phi) is 3.87. The summed E-state index contributed by atoms with van der Waals surface area (Å²) in [5.41, 5.74) is 5.67. The fourth-order valence-electron chi connectivity index (χ4n) is 1.99. The van der Waals surface area contributed by atoms with Gasteiger partial charge >= 0.3 is 0 Å². The highest BCUT2D eigenvalue weighted by atomic mass is 16.5. The lowest BCUT2D eigenvalue weighted by Gasteiger charge is -2.29. The van der Waals surface area contributed by atoms with Crippen molar-refractivity contribution in [2.75, 3.05) is 26.2 Å². The molecule has 0 saturated carbocycles. The summed E-state index contributed by atoms with van der Waals surface area (Å²) in [6, 6.07) is 0. The molecule has 0 bridgehead atoms. The lowest BCUT2D eigenvalue weighted by Crippen LogP contribution is -2.42. The maximum absolute atomic E-state index is 5.67. The summed E-state index contributed by atoms with van der Waals surface area (Å²) in [5.74, 6) is 1.03. The van der Waals surface area contributed by atoms with Gasteiger partial charge in [-0.25, -0.2) is 0 Å². The summed E-state index contributed by atoms with van der Waals surface area (Å²) in [6.45, 7) is 6.94. The maximum Gasteiger partial charge on any atom is 0.147 e. The second-order valence-electron chi connectivity index (χ2n) is 3.99. The van der Waals surface area contributed by atoms with Crippen molar-refractivity contribution in [2.24, 2.45) is 5.73 Å². The van der Waals surface area contributed by atoms with Gasteiger partial charge in [-0.15, -0.1) is 10.2 Å². The highest BCUT2D eigenvalue weighted by Crippen LogP contribution is 2.09. The zero-order valence-electron chi connectivity index (χ0n) is 9.67. The second kappa shape index (κ2) is 5.38. The number of nitrogens with two attached hydrogens (primary N) is 1. The van der Waals surface area contributed by atoms with Crippen molar-refractivity contribution >= 4 is 0 Å². The molecule has 6 nitrogen and oxygen atoms in total. The Labute approximate surface area is 95.4 Å². The Hall–Kier alpha value is -0.980. The van der Waals surface area contributed by atoms with Gasteiger partial charge in [-0.2, -0.15) is 0 Å². The Balaban J connectivity index is 1.88. The lowest BCUT2D eigenvalue weighted by atomic mass is 10.3. The first-order chi connectivity index (χ1) is 7.83. The summed E-state index contributed by atoms with van der Waals surface area (Å²) >= 11 is 0. The van der Waals surface area contributed by atoms with Crippen LogP contribution in [-0.2, 0) is 17.8 Å². The fourth-order valence-corrected chi connectivity index (χ4v) is 1.99. The number of hydrogen-bond donors (Lipinski definition) is 1. The third-order valence-electron chi connectivity index (χ3n) is 2.84.